The number of carbonyl (C=O) groups excluding carboxylic acids is 1. The van der Waals surface area contributed by atoms with Gasteiger partial charge in [-0.25, -0.2) is 0 Å². The Bertz CT molecular complexity index is 688. The van der Waals surface area contributed by atoms with E-state index in [-0.39, 0.29) is 16.6 Å². The van der Waals surface area contributed by atoms with E-state index in [1.807, 2.05) is 12.1 Å². The average Bonchev–Trinajstić information content (AvgIpc) is 2.53. The molecule has 4 heteroatoms. The van der Waals surface area contributed by atoms with Crippen molar-refractivity contribution in [2.75, 3.05) is 5.32 Å². The second-order valence-corrected chi connectivity index (χ2v) is 8.19. The van der Waals surface area contributed by atoms with Crippen LogP contribution in [-0.2, 0) is 11.2 Å². The highest BCUT2D eigenvalue weighted by atomic mass is 32.2. The second-order valence-electron chi connectivity index (χ2n) is 7.24. The predicted octanol–water partition coefficient (Wildman–Crippen LogP) is 5.97. The van der Waals surface area contributed by atoms with E-state index in [0.29, 0.717) is 5.75 Å². The first kappa shape index (κ1) is 18.5. The van der Waals surface area contributed by atoms with Crippen LogP contribution >= 0.6 is 11.8 Å². The Balaban J connectivity index is 1.94. The molecule has 1 amide bonds. The number of benzene rings is 1. The van der Waals surface area contributed by atoms with Crippen LogP contribution in [0, 0.1) is 0 Å². The van der Waals surface area contributed by atoms with E-state index in [9.17, 15) is 4.79 Å². The number of carbonyl (C=O) groups is 1. The Hall–Kier alpha value is -1.81. The second kappa shape index (κ2) is 7.84. The first-order valence-corrected chi connectivity index (χ1v) is 9.24. The monoisotopic (exact) mass is 342 g/mol. The molecule has 1 aromatic heterocycles. The van der Waals surface area contributed by atoms with E-state index in [4.69, 9.17) is 0 Å². The third-order valence-corrected chi connectivity index (χ3v) is 4.65. The average molecular weight is 343 g/mol. The van der Waals surface area contributed by atoms with Crippen LogP contribution in [0.3, 0.4) is 0 Å². The van der Waals surface area contributed by atoms with Crippen molar-refractivity contribution in [2.24, 2.45) is 0 Å². The van der Waals surface area contributed by atoms with E-state index < -0.39 is 0 Å². The van der Waals surface area contributed by atoms with Gasteiger partial charge in [-0.3, -0.25) is 9.78 Å². The molecule has 0 aliphatic rings. The zero-order chi connectivity index (χ0) is 17.7. The SMILES string of the molecule is CC(C)c1ncccc1NC(=O)SCc1ccc(C(C)(C)C)cc1. The van der Waals surface area contributed by atoms with Gasteiger partial charge in [-0.1, -0.05) is 70.6 Å². The molecule has 0 aliphatic heterocycles. The number of hydrogen-bond donors (Lipinski definition) is 1. The summed E-state index contributed by atoms with van der Waals surface area (Å²) in [6.07, 6.45) is 1.76. The summed E-state index contributed by atoms with van der Waals surface area (Å²) < 4.78 is 0. The normalized spacial score (nSPS) is 11.6. The molecular formula is C20H26N2OS. The van der Waals surface area contributed by atoms with E-state index in [1.54, 1.807) is 6.20 Å². The Morgan fingerprint density at radius 2 is 1.83 bits per heavy atom. The highest BCUT2D eigenvalue weighted by Crippen LogP contribution is 2.25. The van der Waals surface area contributed by atoms with Crippen molar-refractivity contribution in [2.45, 2.75) is 51.7 Å². The minimum atomic E-state index is -0.0511. The summed E-state index contributed by atoms with van der Waals surface area (Å²) in [5, 5.41) is 2.91. The molecule has 0 spiro atoms. The smallest absolute Gasteiger partial charge is 0.283 e. The van der Waals surface area contributed by atoms with Gasteiger partial charge in [0.1, 0.15) is 0 Å². The van der Waals surface area contributed by atoms with Gasteiger partial charge in [0.05, 0.1) is 11.4 Å². The van der Waals surface area contributed by atoms with Crippen LogP contribution in [0.25, 0.3) is 0 Å². The van der Waals surface area contributed by atoms with E-state index in [1.165, 1.54) is 17.3 Å². The van der Waals surface area contributed by atoms with Gasteiger partial charge in [0, 0.05) is 11.9 Å². The van der Waals surface area contributed by atoms with Gasteiger partial charge in [0.15, 0.2) is 0 Å². The highest BCUT2D eigenvalue weighted by molar-refractivity contribution is 8.13. The van der Waals surface area contributed by atoms with Crippen molar-refractivity contribution in [3.63, 3.8) is 0 Å². The predicted molar refractivity (Wildman–Crippen MR) is 104 cm³/mol. The molecule has 2 rings (SSSR count). The third-order valence-electron chi connectivity index (χ3n) is 3.81. The summed E-state index contributed by atoms with van der Waals surface area (Å²) in [4.78, 5) is 16.6. The fourth-order valence-electron chi connectivity index (χ4n) is 2.38. The molecular weight excluding hydrogens is 316 g/mol. The van der Waals surface area contributed by atoms with Gasteiger partial charge in [0.25, 0.3) is 5.24 Å². The van der Waals surface area contributed by atoms with Crippen molar-refractivity contribution >= 4 is 22.7 Å². The van der Waals surface area contributed by atoms with Gasteiger partial charge in [-0.15, -0.1) is 0 Å². The van der Waals surface area contributed by atoms with Crippen molar-refractivity contribution in [3.8, 4) is 0 Å². The minimum Gasteiger partial charge on any atom is -0.315 e. The Morgan fingerprint density at radius 1 is 1.17 bits per heavy atom. The molecule has 0 saturated heterocycles. The number of aromatic nitrogens is 1. The lowest BCUT2D eigenvalue weighted by Gasteiger charge is -2.19. The van der Waals surface area contributed by atoms with Gasteiger partial charge in [-0.2, -0.15) is 0 Å². The Morgan fingerprint density at radius 3 is 2.42 bits per heavy atom. The van der Waals surface area contributed by atoms with Crippen molar-refractivity contribution in [1.82, 2.24) is 4.98 Å². The summed E-state index contributed by atoms with van der Waals surface area (Å²) >= 11 is 1.28. The maximum atomic E-state index is 12.2. The number of hydrogen-bond acceptors (Lipinski definition) is 3. The number of rotatable bonds is 4. The third kappa shape index (κ3) is 5.10. The molecule has 0 radical (unpaired) electrons. The molecule has 0 aliphatic carbocycles. The zero-order valence-corrected chi connectivity index (χ0v) is 15.9. The van der Waals surface area contributed by atoms with Crippen molar-refractivity contribution in [1.29, 1.82) is 0 Å². The summed E-state index contributed by atoms with van der Waals surface area (Å²) in [7, 11) is 0. The van der Waals surface area contributed by atoms with Crippen LogP contribution in [-0.4, -0.2) is 10.2 Å². The number of nitrogens with zero attached hydrogens (tertiary/aromatic N) is 1. The number of thioether (sulfide) groups is 1. The van der Waals surface area contributed by atoms with Crippen LogP contribution in [0.1, 0.15) is 57.4 Å². The molecule has 1 N–H and O–H groups in total. The summed E-state index contributed by atoms with van der Waals surface area (Å²) in [5.74, 6) is 0.935. The molecule has 128 valence electrons. The topological polar surface area (TPSA) is 42.0 Å². The number of nitrogens with one attached hydrogen (secondary N) is 1. The minimum absolute atomic E-state index is 0.0511. The lowest BCUT2D eigenvalue weighted by Crippen LogP contribution is -2.11. The number of pyridine rings is 1. The van der Waals surface area contributed by atoms with Gasteiger partial charge < -0.3 is 5.32 Å². The standard InChI is InChI=1S/C20H26N2OS/c1-14(2)18-17(7-6-12-21-18)22-19(23)24-13-15-8-10-16(11-9-15)20(3,4)5/h6-12,14H,13H2,1-5H3,(H,22,23). The molecule has 3 nitrogen and oxygen atoms in total. The molecule has 1 heterocycles. The quantitative estimate of drug-likeness (QED) is 0.744. The van der Waals surface area contributed by atoms with Gasteiger partial charge in [0.2, 0.25) is 0 Å². The Kier molecular flexibility index (Phi) is 6.05. The maximum Gasteiger partial charge on any atom is 0.283 e. The lowest BCUT2D eigenvalue weighted by molar-refractivity contribution is 0.269. The van der Waals surface area contributed by atoms with E-state index in [0.717, 1.165) is 16.9 Å². The van der Waals surface area contributed by atoms with Crippen LogP contribution < -0.4 is 5.32 Å². The molecule has 24 heavy (non-hydrogen) atoms. The fraction of sp³-hybridized carbons (Fsp3) is 0.400. The number of anilines is 1. The van der Waals surface area contributed by atoms with Crippen molar-refractivity contribution in [3.05, 3.63) is 59.4 Å². The van der Waals surface area contributed by atoms with Crippen molar-refractivity contribution < 1.29 is 4.79 Å². The van der Waals surface area contributed by atoms with Gasteiger partial charge >= 0.3 is 0 Å². The van der Waals surface area contributed by atoms with Crippen LogP contribution in [0.4, 0.5) is 10.5 Å². The van der Waals surface area contributed by atoms with Crippen LogP contribution in [0.5, 0.6) is 0 Å². The largest absolute Gasteiger partial charge is 0.315 e. The zero-order valence-electron chi connectivity index (χ0n) is 15.1. The molecule has 0 fully saturated rings. The molecule has 0 unspecified atom stereocenters. The molecule has 2 aromatic rings. The summed E-state index contributed by atoms with van der Waals surface area (Å²) in [6, 6.07) is 12.2. The number of amides is 1. The maximum absolute atomic E-state index is 12.2. The molecule has 0 bridgehead atoms. The lowest BCUT2D eigenvalue weighted by atomic mass is 9.87. The molecule has 0 atom stereocenters. The van der Waals surface area contributed by atoms with E-state index >= 15 is 0 Å². The van der Waals surface area contributed by atoms with Crippen LogP contribution in [0.15, 0.2) is 42.6 Å². The fourth-order valence-corrected chi connectivity index (χ4v) is 3.05. The summed E-state index contributed by atoms with van der Waals surface area (Å²) in [6.45, 7) is 10.7. The Labute approximate surface area is 149 Å². The first-order valence-electron chi connectivity index (χ1n) is 8.25. The van der Waals surface area contributed by atoms with Gasteiger partial charge in [-0.05, 0) is 34.6 Å². The van der Waals surface area contributed by atoms with Crippen LogP contribution in [0.2, 0.25) is 0 Å². The summed E-state index contributed by atoms with van der Waals surface area (Å²) in [5.41, 5.74) is 4.32. The highest BCUT2D eigenvalue weighted by Gasteiger charge is 2.14. The first-order chi connectivity index (χ1) is 11.3. The molecule has 1 aromatic carbocycles. The molecule has 0 saturated carbocycles. The van der Waals surface area contributed by atoms with E-state index in [2.05, 4.69) is 69.2 Å².